The minimum absolute atomic E-state index is 0.241. The van der Waals surface area contributed by atoms with Gasteiger partial charge in [0.1, 0.15) is 4.83 Å². The van der Waals surface area contributed by atoms with Crippen LogP contribution in [0.15, 0.2) is 0 Å². The summed E-state index contributed by atoms with van der Waals surface area (Å²) in [6.07, 6.45) is 0.751. The van der Waals surface area contributed by atoms with Gasteiger partial charge in [-0.1, -0.05) is 0 Å². The van der Waals surface area contributed by atoms with Gasteiger partial charge in [0.05, 0.1) is 29.2 Å². The number of nitrogens with two attached hydrogens (primary N) is 2. The van der Waals surface area contributed by atoms with E-state index >= 15 is 0 Å². The van der Waals surface area contributed by atoms with E-state index in [1.54, 1.807) is 18.3 Å². The first-order valence-corrected chi connectivity index (χ1v) is 7.51. The summed E-state index contributed by atoms with van der Waals surface area (Å²) in [6, 6.07) is 0. The van der Waals surface area contributed by atoms with Crippen LogP contribution < -0.4 is 17.0 Å². The van der Waals surface area contributed by atoms with Crippen LogP contribution in [0.5, 0.6) is 0 Å². The number of nitrogens with zero attached hydrogens (tertiary/aromatic N) is 1. The van der Waals surface area contributed by atoms with Gasteiger partial charge in [0, 0.05) is 16.7 Å². The summed E-state index contributed by atoms with van der Waals surface area (Å²) in [6.45, 7) is 6.41. The van der Waals surface area contributed by atoms with Gasteiger partial charge in [-0.3, -0.25) is 10.2 Å². The van der Waals surface area contributed by atoms with Gasteiger partial charge in [-0.05, 0) is 26.3 Å². The Labute approximate surface area is 126 Å². The van der Waals surface area contributed by atoms with Crippen LogP contribution in [-0.2, 0) is 17.8 Å². The summed E-state index contributed by atoms with van der Waals surface area (Å²) >= 11 is 1.58. The molecule has 3 rings (SSSR count). The highest BCUT2D eigenvalue weighted by atomic mass is 32.1. The standard InChI is InChI=1S/C14H18N4O2S/c1-6-9(12(19)18-16)11(15)10-7-4-14(2,3)20-5-8(7)21-13(10)17-6/h4-5,16H2,1-3H3,(H2,15,17)(H,18,19). The molecule has 0 atom stereocenters. The fraction of sp³-hybridized carbons (Fsp3) is 0.429. The van der Waals surface area contributed by atoms with E-state index in [-0.39, 0.29) is 5.60 Å². The Bertz CT molecular complexity index is 751. The zero-order chi connectivity index (χ0) is 15.4. The lowest BCUT2D eigenvalue weighted by molar-refractivity contribution is -0.0379. The number of anilines is 1. The molecule has 0 fully saturated rings. The molecule has 0 saturated heterocycles. The molecule has 0 aromatic carbocycles. The van der Waals surface area contributed by atoms with E-state index in [1.165, 1.54) is 0 Å². The van der Waals surface area contributed by atoms with E-state index in [2.05, 4.69) is 10.4 Å². The normalized spacial score (nSPS) is 16.8. The SMILES string of the molecule is Cc1nc2sc3c(c2c(N)c1C(=O)NN)CC(C)(C)OC3. The van der Waals surface area contributed by atoms with Crippen molar-refractivity contribution in [3.63, 3.8) is 0 Å². The molecule has 0 unspecified atom stereocenters. The lowest BCUT2D eigenvalue weighted by Gasteiger charge is -2.30. The minimum Gasteiger partial charge on any atom is -0.397 e. The number of hydrogen-bond acceptors (Lipinski definition) is 6. The lowest BCUT2D eigenvalue weighted by atomic mass is 9.93. The maximum Gasteiger partial charge on any atom is 0.269 e. The van der Waals surface area contributed by atoms with Crippen molar-refractivity contribution in [3.8, 4) is 0 Å². The van der Waals surface area contributed by atoms with E-state index in [0.717, 1.165) is 27.1 Å². The van der Waals surface area contributed by atoms with Gasteiger partial charge in [0.2, 0.25) is 0 Å². The average Bonchev–Trinajstić information content (AvgIpc) is 2.74. The van der Waals surface area contributed by atoms with Crippen molar-refractivity contribution in [2.45, 2.75) is 39.4 Å². The molecule has 1 amide bonds. The molecule has 6 nitrogen and oxygen atoms in total. The fourth-order valence-corrected chi connectivity index (χ4v) is 3.95. The molecule has 0 spiro atoms. The number of nitrogens with one attached hydrogen (secondary N) is 1. The van der Waals surface area contributed by atoms with Crippen LogP contribution in [0, 0.1) is 6.92 Å². The maximum atomic E-state index is 11.9. The number of hydrazine groups is 1. The maximum absolute atomic E-state index is 11.9. The number of nitrogen functional groups attached to an aromatic ring is 2. The van der Waals surface area contributed by atoms with E-state index in [4.69, 9.17) is 16.3 Å². The van der Waals surface area contributed by atoms with Crippen LogP contribution in [0.25, 0.3) is 10.2 Å². The van der Waals surface area contributed by atoms with Crippen molar-refractivity contribution >= 4 is 33.1 Å². The monoisotopic (exact) mass is 306 g/mol. The Hall–Kier alpha value is -1.70. The molecule has 1 aliphatic rings. The van der Waals surface area contributed by atoms with Crippen molar-refractivity contribution in [3.05, 3.63) is 21.7 Å². The molecule has 5 N–H and O–H groups in total. The van der Waals surface area contributed by atoms with E-state index < -0.39 is 5.91 Å². The summed E-state index contributed by atoms with van der Waals surface area (Å²) in [7, 11) is 0. The first kappa shape index (κ1) is 14.2. The summed E-state index contributed by atoms with van der Waals surface area (Å²) in [4.78, 5) is 18.4. The Kier molecular flexibility index (Phi) is 3.16. The summed E-state index contributed by atoms with van der Waals surface area (Å²) in [5.41, 5.74) is 10.7. The topological polar surface area (TPSA) is 103 Å². The molecule has 0 radical (unpaired) electrons. The number of aromatic nitrogens is 1. The van der Waals surface area contributed by atoms with Crippen molar-refractivity contribution < 1.29 is 9.53 Å². The second-order valence-corrected chi connectivity index (χ2v) is 6.95. The number of ether oxygens (including phenoxy) is 1. The van der Waals surface area contributed by atoms with Gasteiger partial charge in [0.25, 0.3) is 5.91 Å². The molecule has 2 aromatic rings. The van der Waals surface area contributed by atoms with Gasteiger partial charge in [0.15, 0.2) is 0 Å². The van der Waals surface area contributed by atoms with Crippen LogP contribution in [0.2, 0.25) is 0 Å². The van der Waals surface area contributed by atoms with Gasteiger partial charge in [-0.15, -0.1) is 11.3 Å². The van der Waals surface area contributed by atoms with Gasteiger partial charge < -0.3 is 10.5 Å². The highest BCUT2D eigenvalue weighted by molar-refractivity contribution is 7.19. The molecule has 2 aromatic heterocycles. The van der Waals surface area contributed by atoms with Crippen molar-refractivity contribution in [1.82, 2.24) is 10.4 Å². The first-order valence-electron chi connectivity index (χ1n) is 6.69. The minimum atomic E-state index is -0.411. The first-order chi connectivity index (χ1) is 9.84. The largest absolute Gasteiger partial charge is 0.397 e. The second kappa shape index (κ2) is 4.66. The molecule has 0 saturated carbocycles. The number of fused-ring (bicyclic) bond motifs is 3. The van der Waals surface area contributed by atoms with Crippen LogP contribution in [0.3, 0.4) is 0 Å². The molecule has 1 aliphatic heterocycles. The van der Waals surface area contributed by atoms with Crippen LogP contribution in [-0.4, -0.2) is 16.5 Å². The number of carbonyl (C=O) groups is 1. The van der Waals surface area contributed by atoms with Crippen molar-refractivity contribution in [2.75, 3.05) is 5.73 Å². The van der Waals surface area contributed by atoms with Gasteiger partial charge in [-0.2, -0.15) is 0 Å². The quantitative estimate of drug-likeness (QED) is 0.422. The molecule has 7 heteroatoms. The predicted molar refractivity (Wildman–Crippen MR) is 83.0 cm³/mol. The number of amides is 1. The molecule has 21 heavy (non-hydrogen) atoms. The molecule has 112 valence electrons. The van der Waals surface area contributed by atoms with E-state index in [1.807, 2.05) is 13.8 Å². The number of thiophene rings is 1. The van der Waals surface area contributed by atoms with E-state index in [0.29, 0.717) is 23.6 Å². The fourth-order valence-electron chi connectivity index (χ4n) is 2.78. The third kappa shape index (κ3) is 2.17. The number of hydrogen-bond donors (Lipinski definition) is 3. The Morgan fingerprint density at radius 1 is 1.48 bits per heavy atom. The van der Waals surface area contributed by atoms with Crippen molar-refractivity contribution in [2.24, 2.45) is 5.84 Å². The molecule has 0 aliphatic carbocycles. The number of carbonyl (C=O) groups excluding carboxylic acids is 1. The van der Waals surface area contributed by atoms with Crippen molar-refractivity contribution in [1.29, 1.82) is 0 Å². The van der Waals surface area contributed by atoms with Gasteiger partial charge >= 0.3 is 0 Å². The molecular formula is C14H18N4O2S. The third-order valence-electron chi connectivity index (χ3n) is 3.80. The summed E-state index contributed by atoms with van der Waals surface area (Å²) in [5, 5.41) is 0.871. The average molecular weight is 306 g/mol. The number of rotatable bonds is 1. The second-order valence-electron chi connectivity index (χ2n) is 5.87. The Morgan fingerprint density at radius 2 is 2.19 bits per heavy atom. The zero-order valence-corrected chi connectivity index (χ0v) is 13.1. The lowest BCUT2D eigenvalue weighted by Crippen LogP contribution is -2.32. The van der Waals surface area contributed by atoms with Gasteiger partial charge in [-0.25, -0.2) is 10.8 Å². The molecule has 3 heterocycles. The molecular weight excluding hydrogens is 288 g/mol. The smallest absolute Gasteiger partial charge is 0.269 e. The predicted octanol–water partition coefficient (Wildman–Crippen LogP) is 1.64. The summed E-state index contributed by atoms with van der Waals surface area (Å²) < 4.78 is 5.83. The summed E-state index contributed by atoms with van der Waals surface area (Å²) in [5.74, 6) is 4.83. The third-order valence-corrected chi connectivity index (χ3v) is 4.90. The number of pyridine rings is 1. The zero-order valence-electron chi connectivity index (χ0n) is 12.2. The highest BCUT2D eigenvalue weighted by Crippen LogP contribution is 2.41. The Balaban J connectivity index is 2.30. The number of aryl methyl sites for hydroxylation is 1. The van der Waals surface area contributed by atoms with Crippen LogP contribution in [0.1, 0.15) is 40.3 Å². The van der Waals surface area contributed by atoms with Crippen LogP contribution in [0.4, 0.5) is 5.69 Å². The highest BCUT2D eigenvalue weighted by Gasteiger charge is 2.31. The Morgan fingerprint density at radius 3 is 2.86 bits per heavy atom. The van der Waals surface area contributed by atoms with Crippen LogP contribution >= 0.6 is 11.3 Å². The molecule has 0 bridgehead atoms. The van der Waals surface area contributed by atoms with E-state index in [9.17, 15) is 4.79 Å².